The topological polar surface area (TPSA) is 84.5 Å². The standard InChI is InChI=1S/C17H23ClN2O4/c1-10(2)19-17(23)11(3)24-16(22)9-15(20-12(4)21)13-5-7-14(18)8-6-13/h5-8,10-11,15H,9H2,1-4H3,(H,19,23)(H,20,21). The summed E-state index contributed by atoms with van der Waals surface area (Å²) in [6.45, 7) is 6.51. The summed E-state index contributed by atoms with van der Waals surface area (Å²) in [5.74, 6) is -1.20. The lowest BCUT2D eigenvalue weighted by Gasteiger charge is -2.20. The third-order valence-electron chi connectivity index (χ3n) is 3.13. The molecule has 2 atom stereocenters. The summed E-state index contributed by atoms with van der Waals surface area (Å²) in [5.41, 5.74) is 0.728. The lowest BCUT2D eigenvalue weighted by atomic mass is 10.0. The molecule has 1 aromatic carbocycles. The predicted octanol–water partition coefficient (Wildman–Crippen LogP) is 2.36. The minimum Gasteiger partial charge on any atom is -0.452 e. The van der Waals surface area contributed by atoms with E-state index in [1.165, 1.54) is 13.8 Å². The molecule has 0 heterocycles. The van der Waals surface area contributed by atoms with Crippen molar-refractivity contribution in [3.8, 4) is 0 Å². The van der Waals surface area contributed by atoms with E-state index in [2.05, 4.69) is 10.6 Å². The maximum atomic E-state index is 12.1. The van der Waals surface area contributed by atoms with Crippen molar-refractivity contribution >= 4 is 29.4 Å². The van der Waals surface area contributed by atoms with Gasteiger partial charge in [0.2, 0.25) is 5.91 Å². The molecule has 7 heteroatoms. The van der Waals surface area contributed by atoms with Crippen LogP contribution in [0.2, 0.25) is 5.02 Å². The maximum absolute atomic E-state index is 12.1. The van der Waals surface area contributed by atoms with Gasteiger partial charge >= 0.3 is 5.97 Å². The molecule has 0 bridgehead atoms. The van der Waals surface area contributed by atoms with Gasteiger partial charge < -0.3 is 15.4 Å². The number of halogens is 1. The molecule has 0 saturated heterocycles. The molecule has 2 amide bonds. The first kappa shape index (κ1) is 20.0. The number of hydrogen-bond acceptors (Lipinski definition) is 4. The Morgan fingerprint density at radius 2 is 1.67 bits per heavy atom. The van der Waals surface area contributed by atoms with Crippen LogP contribution in [0.5, 0.6) is 0 Å². The summed E-state index contributed by atoms with van der Waals surface area (Å²) in [5, 5.41) is 5.93. The molecule has 1 rings (SSSR count). The van der Waals surface area contributed by atoms with E-state index in [1.54, 1.807) is 24.3 Å². The lowest BCUT2D eigenvalue weighted by Crippen LogP contribution is -2.40. The average Bonchev–Trinajstić information content (AvgIpc) is 2.45. The minimum absolute atomic E-state index is 0.0418. The number of hydrogen-bond donors (Lipinski definition) is 2. The third kappa shape index (κ3) is 7.00. The first-order chi connectivity index (χ1) is 11.2. The summed E-state index contributed by atoms with van der Waals surface area (Å²) in [6.07, 6.45) is -0.983. The molecule has 0 aliphatic carbocycles. The number of benzene rings is 1. The van der Waals surface area contributed by atoms with Gasteiger partial charge in [0.05, 0.1) is 12.5 Å². The van der Waals surface area contributed by atoms with Gasteiger partial charge in [-0.1, -0.05) is 23.7 Å². The van der Waals surface area contributed by atoms with E-state index in [9.17, 15) is 14.4 Å². The van der Waals surface area contributed by atoms with Crippen LogP contribution < -0.4 is 10.6 Å². The van der Waals surface area contributed by atoms with E-state index in [-0.39, 0.29) is 24.3 Å². The number of carbonyl (C=O) groups excluding carboxylic acids is 3. The smallest absolute Gasteiger partial charge is 0.309 e. The highest BCUT2D eigenvalue weighted by atomic mass is 35.5. The van der Waals surface area contributed by atoms with Crippen LogP contribution in [0, 0.1) is 0 Å². The van der Waals surface area contributed by atoms with Gasteiger partial charge in [-0.3, -0.25) is 14.4 Å². The quantitative estimate of drug-likeness (QED) is 0.736. The van der Waals surface area contributed by atoms with E-state index in [0.29, 0.717) is 5.02 Å². The van der Waals surface area contributed by atoms with Crippen molar-refractivity contribution in [1.82, 2.24) is 10.6 Å². The molecular weight excluding hydrogens is 332 g/mol. The summed E-state index contributed by atoms with van der Waals surface area (Å²) in [7, 11) is 0. The van der Waals surface area contributed by atoms with Crippen molar-refractivity contribution in [3.05, 3.63) is 34.9 Å². The fourth-order valence-electron chi connectivity index (χ4n) is 2.06. The molecule has 2 N–H and O–H groups in total. The van der Waals surface area contributed by atoms with E-state index >= 15 is 0 Å². The lowest BCUT2D eigenvalue weighted by molar-refractivity contribution is -0.155. The Hall–Kier alpha value is -2.08. The van der Waals surface area contributed by atoms with E-state index in [4.69, 9.17) is 16.3 Å². The highest BCUT2D eigenvalue weighted by Crippen LogP contribution is 2.20. The van der Waals surface area contributed by atoms with Gasteiger partial charge in [0.1, 0.15) is 0 Å². The molecule has 1 aromatic rings. The second-order valence-corrected chi connectivity index (χ2v) is 6.24. The van der Waals surface area contributed by atoms with Crippen molar-refractivity contribution in [2.45, 2.75) is 52.3 Å². The van der Waals surface area contributed by atoms with Crippen LogP contribution in [0.3, 0.4) is 0 Å². The normalized spacial score (nSPS) is 13.1. The number of ether oxygens (including phenoxy) is 1. The molecule has 0 saturated carbocycles. The zero-order chi connectivity index (χ0) is 18.3. The zero-order valence-corrected chi connectivity index (χ0v) is 15.0. The fraction of sp³-hybridized carbons (Fsp3) is 0.471. The molecule has 24 heavy (non-hydrogen) atoms. The molecule has 0 spiro atoms. The number of nitrogens with one attached hydrogen (secondary N) is 2. The molecule has 0 fully saturated rings. The minimum atomic E-state index is -0.900. The monoisotopic (exact) mass is 354 g/mol. The fourth-order valence-corrected chi connectivity index (χ4v) is 2.19. The molecule has 132 valence electrons. The summed E-state index contributed by atoms with van der Waals surface area (Å²) in [4.78, 5) is 35.3. The van der Waals surface area contributed by atoms with Crippen molar-refractivity contribution in [3.63, 3.8) is 0 Å². The largest absolute Gasteiger partial charge is 0.452 e. The first-order valence-electron chi connectivity index (χ1n) is 7.71. The third-order valence-corrected chi connectivity index (χ3v) is 3.38. The van der Waals surface area contributed by atoms with Gasteiger partial charge in [-0.05, 0) is 38.5 Å². The van der Waals surface area contributed by atoms with Gasteiger partial charge in [-0.15, -0.1) is 0 Å². The van der Waals surface area contributed by atoms with Gasteiger partial charge in [0.15, 0.2) is 6.10 Å². The van der Waals surface area contributed by atoms with Crippen LogP contribution in [-0.2, 0) is 19.1 Å². The SMILES string of the molecule is CC(=O)NC(CC(=O)OC(C)C(=O)NC(C)C)c1ccc(Cl)cc1. The van der Waals surface area contributed by atoms with Crippen LogP contribution in [0.25, 0.3) is 0 Å². The first-order valence-corrected chi connectivity index (χ1v) is 8.09. The van der Waals surface area contributed by atoms with Crippen LogP contribution in [0.1, 0.15) is 45.7 Å². The highest BCUT2D eigenvalue weighted by Gasteiger charge is 2.22. The van der Waals surface area contributed by atoms with Gasteiger partial charge in [0.25, 0.3) is 5.91 Å². The molecular formula is C17H23ClN2O4. The maximum Gasteiger partial charge on any atom is 0.309 e. The van der Waals surface area contributed by atoms with Gasteiger partial charge in [-0.2, -0.15) is 0 Å². The molecule has 0 aromatic heterocycles. The second-order valence-electron chi connectivity index (χ2n) is 5.80. The number of carbonyl (C=O) groups is 3. The Morgan fingerprint density at radius 1 is 1.08 bits per heavy atom. The van der Waals surface area contributed by atoms with Crippen LogP contribution >= 0.6 is 11.6 Å². The van der Waals surface area contributed by atoms with Crippen LogP contribution in [-0.4, -0.2) is 29.9 Å². The van der Waals surface area contributed by atoms with Crippen molar-refractivity contribution in [1.29, 1.82) is 0 Å². The Bertz CT molecular complexity index is 587. The van der Waals surface area contributed by atoms with E-state index in [1.807, 2.05) is 13.8 Å². The van der Waals surface area contributed by atoms with Gasteiger partial charge in [-0.25, -0.2) is 0 Å². The van der Waals surface area contributed by atoms with E-state index in [0.717, 1.165) is 5.56 Å². The Morgan fingerprint density at radius 3 is 2.17 bits per heavy atom. The summed E-state index contributed by atoms with van der Waals surface area (Å²) >= 11 is 5.85. The number of amides is 2. The molecule has 6 nitrogen and oxygen atoms in total. The second kappa shape index (κ2) is 9.27. The highest BCUT2D eigenvalue weighted by molar-refractivity contribution is 6.30. The Balaban J connectivity index is 2.72. The van der Waals surface area contributed by atoms with E-state index < -0.39 is 18.1 Å². The Kier molecular flexibility index (Phi) is 7.71. The molecule has 0 aliphatic heterocycles. The average molecular weight is 355 g/mol. The van der Waals surface area contributed by atoms with Crippen molar-refractivity contribution in [2.75, 3.05) is 0 Å². The zero-order valence-electron chi connectivity index (χ0n) is 14.3. The number of rotatable bonds is 7. The summed E-state index contributed by atoms with van der Waals surface area (Å²) in [6, 6.07) is 6.22. The molecule has 0 aliphatic rings. The van der Waals surface area contributed by atoms with Crippen LogP contribution in [0.4, 0.5) is 0 Å². The molecule has 0 radical (unpaired) electrons. The predicted molar refractivity (Wildman–Crippen MR) is 91.5 cm³/mol. The van der Waals surface area contributed by atoms with Crippen molar-refractivity contribution < 1.29 is 19.1 Å². The van der Waals surface area contributed by atoms with Crippen molar-refractivity contribution in [2.24, 2.45) is 0 Å². The molecule has 2 unspecified atom stereocenters. The van der Waals surface area contributed by atoms with Crippen LogP contribution in [0.15, 0.2) is 24.3 Å². The summed E-state index contributed by atoms with van der Waals surface area (Å²) < 4.78 is 5.14. The number of esters is 1. The Labute approximate surface area is 146 Å². The van der Waals surface area contributed by atoms with Gasteiger partial charge in [0, 0.05) is 18.0 Å².